The number of hydrogen-bond donors (Lipinski definition) is 1. The summed E-state index contributed by atoms with van der Waals surface area (Å²) < 4.78 is 5.95. The molecule has 8 heteroatoms. The molecule has 1 N–H and O–H groups in total. The molecule has 5 nitrogen and oxygen atoms in total. The van der Waals surface area contributed by atoms with Crippen LogP contribution in [0, 0.1) is 0 Å². The molecule has 0 saturated carbocycles. The molecule has 0 spiro atoms. The van der Waals surface area contributed by atoms with Crippen LogP contribution in [0.15, 0.2) is 52.9 Å². The second kappa shape index (κ2) is 10.1. The van der Waals surface area contributed by atoms with E-state index < -0.39 is 0 Å². The van der Waals surface area contributed by atoms with Crippen molar-refractivity contribution in [2.75, 3.05) is 32.5 Å². The molecule has 0 fully saturated rings. The van der Waals surface area contributed by atoms with Gasteiger partial charge in [0.15, 0.2) is 11.6 Å². The first kappa shape index (κ1) is 23.2. The van der Waals surface area contributed by atoms with Gasteiger partial charge in [-0.05, 0) is 51.3 Å². The molecular formula is C21H23Cl3N4O. The molecule has 0 radical (unpaired) electrons. The second-order valence-corrected chi connectivity index (χ2v) is 7.17. The summed E-state index contributed by atoms with van der Waals surface area (Å²) in [7, 11) is 4.13. The summed E-state index contributed by atoms with van der Waals surface area (Å²) in [6.45, 7) is 1.80. The molecule has 0 aliphatic rings. The molecule has 0 amide bonds. The van der Waals surface area contributed by atoms with Crippen molar-refractivity contribution in [2.45, 2.75) is 6.42 Å². The maximum Gasteiger partial charge on any atom is 0.198 e. The lowest BCUT2D eigenvalue weighted by molar-refractivity contribution is 0.405. The fourth-order valence-electron chi connectivity index (χ4n) is 3.07. The van der Waals surface area contributed by atoms with Crippen molar-refractivity contribution < 1.29 is 4.42 Å². The van der Waals surface area contributed by atoms with Gasteiger partial charge in [-0.2, -0.15) is 0 Å². The third kappa shape index (κ3) is 5.11. The van der Waals surface area contributed by atoms with E-state index in [0.29, 0.717) is 16.6 Å². The molecule has 0 saturated heterocycles. The molecule has 2 heterocycles. The first-order valence-electron chi connectivity index (χ1n) is 8.95. The number of hydrogen-bond acceptors (Lipinski definition) is 5. The smallest absolute Gasteiger partial charge is 0.198 e. The highest BCUT2D eigenvalue weighted by molar-refractivity contribution is 6.36. The second-order valence-electron chi connectivity index (χ2n) is 6.76. The van der Waals surface area contributed by atoms with Gasteiger partial charge in [-0.25, -0.2) is 9.97 Å². The third-order valence-electron chi connectivity index (χ3n) is 4.39. The Morgan fingerprint density at radius 1 is 1.03 bits per heavy atom. The van der Waals surface area contributed by atoms with Crippen LogP contribution in [0.2, 0.25) is 5.02 Å². The minimum Gasteiger partial charge on any atom is -0.453 e. The van der Waals surface area contributed by atoms with E-state index in [4.69, 9.17) is 21.0 Å². The maximum atomic E-state index is 6.44. The topological polar surface area (TPSA) is 54.2 Å². The molecule has 0 bridgehead atoms. The van der Waals surface area contributed by atoms with Crippen LogP contribution in [0.25, 0.3) is 33.5 Å². The van der Waals surface area contributed by atoms with Crippen LogP contribution in [-0.4, -0.2) is 42.1 Å². The van der Waals surface area contributed by atoms with Crippen molar-refractivity contribution in [3.8, 4) is 11.6 Å². The number of nitrogens with zero attached hydrogens (tertiary/aromatic N) is 3. The van der Waals surface area contributed by atoms with E-state index in [1.54, 1.807) is 0 Å². The molecule has 2 aromatic heterocycles. The Hall–Kier alpha value is -2.05. The molecule has 0 unspecified atom stereocenters. The Kier molecular flexibility index (Phi) is 8.11. The normalized spacial score (nSPS) is 10.8. The zero-order chi connectivity index (χ0) is 18.8. The minimum absolute atomic E-state index is 0. The number of fused-ring (bicyclic) bond motifs is 2. The number of halogens is 3. The van der Waals surface area contributed by atoms with Crippen molar-refractivity contribution in [1.29, 1.82) is 0 Å². The monoisotopic (exact) mass is 452 g/mol. The number of furan rings is 1. The number of para-hydroxylation sites is 1. The van der Waals surface area contributed by atoms with E-state index >= 15 is 0 Å². The average molecular weight is 454 g/mol. The van der Waals surface area contributed by atoms with Crippen LogP contribution >= 0.6 is 36.4 Å². The summed E-state index contributed by atoms with van der Waals surface area (Å²) in [4.78, 5) is 11.6. The number of benzene rings is 2. The van der Waals surface area contributed by atoms with Crippen LogP contribution in [0.4, 0.5) is 5.82 Å². The summed E-state index contributed by atoms with van der Waals surface area (Å²) in [5.74, 6) is 1.94. The molecule has 2 aromatic carbocycles. The number of nitrogens with one attached hydrogen (secondary N) is 1. The lowest BCUT2D eigenvalue weighted by atomic mass is 10.2. The highest BCUT2D eigenvalue weighted by Crippen LogP contribution is 2.32. The zero-order valence-electron chi connectivity index (χ0n) is 16.2. The quantitative estimate of drug-likeness (QED) is 0.368. The number of rotatable bonds is 6. The predicted octanol–water partition coefficient (Wildman–Crippen LogP) is 5.90. The SMILES string of the molecule is CN(C)CCCNc1nc(-c2cc3ccccc3o2)nc2cccc(Cl)c12.Cl.Cl. The van der Waals surface area contributed by atoms with Gasteiger partial charge in [-0.1, -0.05) is 35.9 Å². The van der Waals surface area contributed by atoms with Crippen LogP contribution in [-0.2, 0) is 0 Å². The van der Waals surface area contributed by atoms with Crippen molar-refractivity contribution in [2.24, 2.45) is 0 Å². The first-order chi connectivity index (χ1) is 13.1. The summed E-state index contributed by atoms with van der Waals surface area (Å²) in [6, 6.07) is 15.6. The summed E-state index contributed by atoms with van der Waals surface area (Å²) >= 11 is 6.44. The predicted molar refractivity (Wildman–Crippen MR) is 126 cm³/mol. The highest BCUT2D eigenvalue weighted by Gasteiger charge is 2.15. The van der Waals surface area contributed by atoms with Gasteiger partial charge in [0.05, 0.1) is 15.9 Å². The first-order valence-corrected chi connectivity index (χ1v) is 9.33. The minimum atomic E-state index is 0. The van der Waals surface area contributed by atoms with Crippen LogP contribution < -0.4 is 5.32 Å². The Morgan fingerprint density at radius 3 is 2.59 bits per heavy atom. The maximum absolute atomic E-state index is 6.44. The lowest BCUT2D eigenvalue weighted by Gasteiger charge is -2.13. The fraction of sp³-hybridized carbons (Fsp3) is 0.238. The third-order valence-corrected chi connectivity index (χ3v) is 4.71. The van der Waals surface area contributed by atoms with E-state index in [2.05, 4.69) is 29.3 Å². The lowest BCUT2D eigenvalue weighted by Crippen LogP contribution is -2.17. The van der Waals surface area contributed by atoms with Gasteiger partial charge in [0.25, 0.3) is 0 Å². The Balaban J connectivity index is 0.00000150. The average Bonchev–Trinajstić information content (AvgIpc) is 3.09. The number of aromatic nitrogens is 2. The van der Waals surface area contributed by atoms with Crippen molar-refractivity contribution in [3.63, 3.8) is 0 Å². The van der Waals surface area contributed by atoms with Gasteiger partial charge in [0.2, 0.25) is 0 Å². The largest absolute Gasteiger partial charge is 0.453 e. The van der Waals surface area contributed by atoms with Gasteiger partial charge in [0.1, 0.15) is 11.4 Å². The van der Waals surface area contributed by atoms with Crippen LogP contribution in [0.1, 0.15) is 6.42 Å². The van der Waals surface area contributed by atoms with Gasteiger partial charge in [-0.15, -0.1) is 24.8 Å². The standard InChI is InChI=1S/C21H21ClN4O.2ClH/c1-26(2)12-6-11-23-21-19-15(22)8-5-9-16(19)24-20(25-21)18-13-14-7-3-4-10-17(14)27-18;;/h3-5,7-10,13H,6,11-12H2,1-2H3,(H,23,24,25);2*1H. The van der Waals surface area contributed by atoms with E-state index in [1.165, 1.54) is 0 Å². The van der Waals surface area contributed by atoms with Crippen molar-refractivity contribution in [3.05, 3.63) is 53.6 Å². The van der Waals surface area contributed by atoms with Crippen molar-refractivity contribution in [1.82, 2.24) is 14.9 Å². The highest BCUT2D eigenvalue weighted by atomic mass is 35.5. The Bertz CT molecular complexity index is 1060. The van der Waals surface area contributed by atoms with Gasteiger partial charge in [0, 0.05) is 11.9 Å². The Morgan fingerprint density at radius 2 is 1.83 bits per heavy atom. The van der Waals surface area contributed by atoms with E-state index in [0.717, 1.165) is 47.2 Å². The molecule has 0 aliphatic carbocycles. The number of anilines is 1. The van der Waals surface area contributed by atoms with E-state index in [9.17, 15) is 0 Å². The van der Waals surface area contributed by atoms with Gasteiger partial charge < -0.3 is 14.6 Å². The zero-order valence-corrected chi connectivity index (χ0v) is 18.6. The van der Waals surface area contributed by atoms with E-state index in [-0.39, 0.29) is 24.8 Å². The van der Waals surface area contributed by atoms with Crippen LogP contribution in [0.5, 0.6) is 0 Å². The molecule has 4 aromatic rings. The summed E-state index contributed by atoms with van der Waals surface area (Å²) in [5, 5.41) is 5.93. The summed E-state index contributed by atoms with van der Waals surface area (Å²) in [5.41, 5.74) is 1.62. The van der Waals surface area contributed by atoms with E-state index in [1.807, 2.05) is 48.5 Å². The van der Waals surface area contributed by atoms with Gasteiger partial charge >= 0.3 is 0 Å². The van der Waals surface area contributed by atoms with Gasteiger partial charge in [-0.3, -0.25) is 0 Å². The Labute approximate surface area is 187 Å². The van der Waals surface area contributed by atoms with Crippen molar-refractivity contribution >= 4 is 64.1 Å². The molecule has 29 heavy (non-hydrogen) atoms. The molecule has 0 aliphatic heterocycles. The molecular weight excluding hydrogens is 431 g/mol. The fourth-order valence-corrected chi connectivity index (χ4v) is 3.33. The molecule has 154 valence electrons. The molecule has 0 atom stereocenters. The van der Waals surface area contributed by atoms with Crippen LogP contribution in [0.3, 0.4) is 0 Å². The summed E-state index contributed by atoms with van der Waals surface area (Å²) in [6.07, 6.45) is 1.00. The molecule has 4 rings (SSSR count).